The van der Waals surface area contributed by atoms with Crippen LogP contribution in [0.5, 0.6) is 0 Å². The van der Waals surface area contributed by atoms with Gasteiger partial charge in [0.05, 0.1) is 0 Å². The molecule has 0 saturated carbocycles. The average molecular weight is 388 g/mol. The predicted molar refractivity (Wildman–Crippen MR) is 99.0 cm³/mol. The lowest BCUT2D eigenvalue weighted by Crippen LogP contribution is -2.36. The van der Waals surface area contributed by atoms with Crippen molar-refractivity contribution in [3.05, 3.63) is 65.5 Å². The van der Waals surface area contributed by atoms with Gasteiger partial charge in [-0.25, -0.2) is 13.2 Å². The van der Waals surface area contributed by atoms with Crippen LogP contribution in [0.1, 0.15) is 18.4 Å². The maximum absolute atomic E-state index is 13.7. The molecule has 6 heteroatoms. The molecule has 25 heavy (non-hydrogen) atoms. The average Bonchev–Trinajstić information content (AvgIpc) is 2.57. The highest BCUT2D eigenvalue weighted by Gasteiger charge is 2.21. The predicted octanol–water partition coefficient (Wildman–Crippen LogP) is 5.32. The van der Waals surface area contributed by atoms with E-state index in [1.165, 1.54) is 18.2 Å². The minimum absolute atomic E-state index is 0. The first-order chi connectivity index (χ1) is 11.6. The quantitative estimate of drug-likeness (QED) is 0.682. The molecule has 1 nitrogen and oxygen atoms in total. The Labute approximate surface area is 157 Å². The van der Waals surface area contributed by atoms with E-state index in [0.29, 0.717) is 22.1 Å². The molecule has 1 saturated heterocycles. The van der Waals surface area contributed by atoms with Crippen LogP contribution < -0.4 is 0 Å². The van der Waals surface area contributed by atoms with Crippen LogP contribution in [0.4, 0.5) is 13.2 Å². The Kier molecular flexibility index (Phi) is 7.66. The van der Waals surface area contributed by atoms with E-state index < -0.39 is 11.6 Å². The monoisotopic (exact) mass is 387 g/mol. The smallest absolute Gasteiger partial charge is 0.136 e. The van der Waals surface area contributed by atoms with E-state index in [1.807, 2.05) is 12.1 Å². The lowest BCUT2D eigenvalue weighted by atomic mass is 10.1. The van der Waals surface area contributed by atoms with Crippen molar-refractivity contribution in [2.75, 3.05) is 19.6 Å². The second kappa shape index (κ2) is 9.51. The van der Waals surface area contributed by atoms with Gasteiger partial charge in [0.1, 0.15) is 17.5 Å². The largest absolute Gasteiger partial charge is 0.303 e. The third-order valence-corrected chi connectivity index (χ3v) is 5.77. The number of benzene rings is 2. The van der Waals surface area contributed by atoms with E-state index >= 15 is 0 Å². The second-order valence-corrected chi connectivity index (χ2v) is 7.42. The Bertz CT molecular complexity index is 690. The van der Waals surface area contributed by atoms with Gasteiger partial charge < -0.3 is 4.90 Å². The van der Waals surface area contributed by atoms with Crippen molar-refractivity contribution < 1.29 is 13.2 Å². The maximum atomic E-state index is 13.7. The van der Waals surface area contributed by atoms with Crippen molar-refractivity contribution in [3.8, 4) is 0 Å². The zero-order chi connectivity index (χ0) is 16.9. The summed E-state index contributed by atoms with van der Waals surface area (Å²) in [5.41, 5.74) is 0.555. The van der Waals surface area contributed by atoms with E-state index in [1.54, 1.807) is 17.8 Å². The Balaban J connectivity index is 0.00000225. The molecule has 0 bridgehead atoms. The summed E-state index contributed by atoms with van der Waals surface area (Å²) in [4.78, 5) is 3.01. The van der Waals surface area contributed by atoms with Crippen LogP contribution in [0.3, 0.4) is 0 Å². The molecule has 0 spiro atoms. The summed E-state index contributed by atoms with van der Waals surface area (Å²) in [6, 6.07) is 10.6. The van der Waals surface area contributed by atoms with E-state index in [4.69, 9.17) is 0 Å². The highest BCUT2D eigenvalue weighted by molar-refractivity contribution is 8.00. The van der Waals surface area contributed by atoms with E-state index in [9.17, 15) is 13.2 Å². The molecule has 3 rings (SSSR count). The normalized spacial score (nSPS) is 15.8. The molecular formula is C19H21ClF3NS. The summed E-state index contributed by atoms with van der Waals surface area (Å²) in [6.07, 6.45) is 2.56. The molecule has 0 unspecified atom stereocenters. The molecular weight excluding hydrogens is 367 g/mol. The van der Waals surface area contributed by atoms with Crippen molar-refractivity contribution in [1.82, 2.24) is 4.90 Å². The van der Waals surface area contributed by atoms with Gasteiger partial charge in [0.15, 0.2) is 0 Å². The van der Waals surface area contributed by atoms with Crippen LogP contribution in [0, 0.1) is 17.5 Å². The van der Waals surface area contributed by atoms with Crippen molar-refractivity contribution in [3.63, 3.8) is 0 Å². The fourth-order valence-corrected chi connectivity index (χ4v) is 4.12. The molecule has 2 aromatic carbocycles. The first-order valence-corrected chi connectivity index (χ1v) is 9.07. The summed E-state index contributed by atoms with van der Waals surface area (Å²) in [5, 5.41) is 0.417. The summed E-state index contributed by atoms with van der Waals surface area (Å²) in [7, 11) is 0. The number of rotatable bonds is 5. The van der Waals surface area contributed by atoms with E-state index in [0.717, 1.165) is 38.5 Å². The number of thioether (sulfide) groups is 1. The van der Waals surface area contributed by atoms with Crippen molar-refractivity contribution in [1.29, 1.82) is 0 Å². The molecule has 0 aliphatic carbocycles. The summed E-state index contributed by atoms with van der Waals surface area (Å²) >= 11 is 1.61. The van der Waals surface area contributed by atoms with Gasteiger partial charge in [-0.05, 0) is 56.1 Å². The number of hydrogen-bond acceptors (Lipinski definition) is 2. The molecule has 0 aromatic heterocycles. The third kappa shape index (κ3) is 5.66. The number of halogens is 4. The van der Waals surface area contributed by atoms with Crippen LogP contribution in [0.15, 0.2) is 47.4 Å². The zero-order valence-electron chi connectivity index (χ0n) is 13.8. The topological polar surface area (TPSA) is 3.24 Å². The van der Waals surface area contributed by atoms with Gasteiger partial charge in [0, 0.05) is 22.8 Å². The van der Waals surface area contributed by atoms with Crippen LogP contribution in [0.25, 0.3) is 0 Å². The molecule has 1 aliphatic heterocycles. The second-order valence-electron chi connectivity index (χ2n) is 6.08. The Morgan fingerprint density at radius 1 is 0.960 bits per heavy atom. The van der Waals surface area contributed by atoms with Gasteiger partial charge in [0.25, 0.3) is 0 Å². The molecule has 0 atom stereocenters. The van der Waals surface area contributed by atoms with Gasteiger partial charge in [-0.2, -0.15) is 0 Å². The molecule has 0 amide bonds. The highest BCUT2D eigenvalue weighted by Crippen LogP contribution is 2.31. The van der Waals surface area contributed by atoms with Gasteiger partial charge in [-0.15, -0.1) is 24.2 Å². The lowest BCUT2D eigenvalue weighted by molar-refractivity contribution is 0.234. The minimum atomic E-state index is -0.540. The number of nitrogens with zero attached hydrogens (tertiary/aromatic N) is 1. The first-order valence-electron chi connectivity index (χ1n) is 8.19. The van der Waals surface area contributed by atoms with Crippen molar-refractivity contribution in [2.24, 2.45) is 0 Å². The SMILES string of the molecule is Cl.Fc1ccc(CCN2CCC(Sc3ccccc3F)CC2)c(F)c1. The molecule has 136 valence electrons. The Morgan fingerprint density at radius 3 is 2.36 bits per heavy atom. The molecule has 1 heterocycles. The summed E-state index contributed by atoms with van der Waals surface area (Å²) < 4.78 is 40.3. The Morgan fingerprint density at radius 2 is 1.68 bits per heavy atom. The molecule has 0 radical (unpaired) electrons. The number of likely N-dealkylation sites (tertiary alicyclic amines) is 1. The Hall–Kier alpha value is -1.17. The van der Waals surface area contributed by atoms with E-state index in [2.05, 4.69) is 4.90 Å². The number of piperidine rings is 1. The van der Waals surface area contributed by atoms with Gasteiger partial charge in [-0.3, -0.25) is 0 Å². The molecule has 1 aliphatic rings. The van der Waals surface area contributed by atoms with Crippen LogP contribution in [-0.2, 0) is 6.42 Å². The van der Waals surface area contributed by atoms with Gasteiger partial charge in [0.2, 0.25) is 0 Å². The summed E-state index contributed by atoms with van der Waals surface area (Å²) in [6.45, 7) is 2.61. The van der Waals surface area contributed by atoms with Crippen molar-refractivity contribution in [2.45, 2.75) is 29.4 Å². The fraction of sp³-hybridized carbons (Fsp3) is 0.368. The van der Waals surface area contributed by atoms with Crippen LogP contribution in [0.2, 0.25) is 0 Å². The highest BCUT2D eigenvalue weighted by atomic mass is 35.5. The zero-order valence-corrected chi connectivity index (χ0v) is 15.4. The van der Waals surface area contributed by atoms with Crippen LogP contribution in [-0.4, -0.2) is 29.8 Å². The van der Waals surface area contributed by atoms with Gasteiger partial charge in [-0.1, -0.05) is 18.2 Å². The summed E-state index contributed by atoms with van der Waals surface area (Å²) in [5.74, 6) is -1.17. The van der Waals surface area contributed by atoms with E-state index in [-0.39, 0.29) is 18.2 Å². The maximum Gasteiger partial charge on any atom is 0.136 e. The minimum Gasteiger partial charge on any atom is -0.303 e. The molecule has 1 fully saturated rings. The van der Waals surface area contributed by atoms with Crippen molar-refractivity contribution >= 4 is 24.2 Å². The van der Waals surface area contributed by atoms with Gasteiger partial charge >= 0.3 is 0 Å². The molecule has 0 N–H and O–H groups in total. The lowest BCUT2D eigenvalue weighted by Gasteiger charge is -2.31. The number of hydrogen-bond donors (Lipinski definition) is 0. The standard InChI is InChI=1S/C19H20F3NS.ClH/c20-15-6-5-14(18(22)13-15)7-10-23-11-8-16(9-12-23)24-19-4-2-1-3-17(19)21;/h1-6,13,16H,7-12H2;1H. The fourth-order valence-electron chi connectivity index (χ4n) is 2.97. The molecule has 2 aromatic rings. The van der Waals surface area contributed by atoms with Crippen LogP contribution >= 0.6 is 24.2 Å². The first kappa shape index (κ1) is 20.1. The third-order valence-electron chi connectivity index (χ3n) is 4.38.